The molecule has 8 nitrogen and oxygen atoms in total. The lowest BCUT2D eigenvalue weighted by Crippen LogP contribution is -2.30. The van der Waals surface area contributed by atoms with E-state index in [0.717, 1.165) is 6.26 Å². The molecule has 0 saturated carbocycles. The number of hydrogen-bond donors (Lipinski definition) is 1. The smallest absolute Gasteiger partial charge is 0.335 e. The standard InChI is InChI=1S/C14H18N4O4S/c1-9(2)8-11(13-17-18-14(22-13)23(3,20)21)16-12(19)10-6-4-5-7-15-10/h4-7,9,11H,8H2,1-3H3,(H,16,19)/t11-/m0/s1. The van der Waals surface area contributed by atoms with Crippen molar-refractivity contribution in [3.05, 3.63) is 36.0 Å². The summed E-state index contributed by atoms with van der Waals surface area (Å²) in [6.07, 6.45) is 3.01. The highest BCUT2D eigenvalue weighted by Gasteiger charge is 2.25. The van der Waals surface area contributed by atoms with Crippen molar-refractivity contribution in [2.45, 2.75) is 31.5 Å². The summed E-state index contributed by atoms with van der Waals surface area (Å²) in [7, 11) is -3.59. The monoisotopic (exact) mass is 338 g/mol. The number of hydrogen-bond acceptors (Lipinski definition) is 7. The first-order valence-electron chi connectivity index (χ1n) is 7.02. The second-order valence-corrected chi connectivity index (χ2v) is 7.44. The number of carbonyl (C=O) groups excluding carboxylic acids is 1. The van der Waals surface area contributed by atoms with E-state index in [-0.39, 0.29) is 17.5 Å². The van der Waals surface area contributed by atoms with Crippen LogP contribution in [-0.2, 0) is 9.84 Å². The van der Waals surface area contributed by atoms with Gasteiger partial charge in [-0.3, -0.25) is 9.78 Å². The molecular formula is C14H18N4O4S. The van der Waals surface area contributed by atoms with E-state index >= 15 is 0 Å². The van der Waals surface area contributed by atoms with Gasteiger partial charge in [0.2, 0.25) is 15.7 Å². The van der Waals surface area contributed by atoms with Crippen LogP contribution in [0.15, 0.2) is 34.0 Å². The van der Waals surface area contributed by atoms with E-state index in [2.05, 4.69) is 20.5 Å². The fourth-order valence-corrected chi connectivity index (χ4v) is 2.36. The second-order valence-electron chi connectivity index (χ2n) is 5.55. The molecule has 1 amide bonds. The largest absolute Gasteiger partial charge is 0.410 e. The van der Waals surface area contributed by atoms with E-state index in [9.17, 15) is 13.2 Å². The van der Waals surface area contributed by atoms with Gasteiger partial charge in [0.15, 0.2) is 0 Å². The highest BCUT2D eigenvalue weighted by molar-refractivity contribution is 7.90. The summed E-state index contributed by atoms with van der Waals surface area (Å²) in [5.74, 6) is -0.114. The molecule has 124 valence electrons. The predicted molar refractivity (Wildman–Crippen MR) is 81.3 cm³/mol. The predicted octanol–water partition coefficient (Wildman–Crippen LogP) is 1.39. The molecule has 0 bridgehead atoms. The molecular weight excluding hydrogens is 320 g/mol. The third-order valence-electron chi connectivity index (χ3n) is 2.95. The van der Waals surface area contributed by atoms with Crippen molar-refractivity contribution in [2.24, 2.45) is 5.92 Å². The number of sulfone groups is 1. The summed E-state index contributed by atoms with van der Waals surface area (Å²) in [5.41, 5.74) is 0.254. The normalized spacial score (nSPS) is 13.0. The molecule has 1 N–H and O–H groups in total. The fourth-order valence-electron chi connectivity index (χ4n) is 1.93. The van der Waals surface area contributed by atoms with Gasteiger partial charge in [0, 0.05) is 12.5 Å². The van der Waals surface area contributed by atoms with Gasteiger partial charge in [-0.05, 0) is 24.5 Å². The molecule has 2 rings (SSSR count). The lowest BCUT2D eigenvalue weighted by molar-refractivity contribution is 0.0918. The maximum absolute atomic E-state index is 12.2. The molecule has 23 heavy (non-hydrogen) atoms. The van der Waals surface area contributed by atoms with E-state index in [1.54, 1.807) is 18.2 Å². The zero-order valence-corrected chi connectivity index (χ0v) is 13.9. The summed E-state index contributed by atoms with van der Waals surface area (Å²) in [4.78, 5) is 16.2. The molecule has 2 aromatic rings. The van der Waals surface area contributed by atoms with Gasteiger partial charge in [-0.15, -0.1) is 5.10 Å². The van der Waals surface area contributed by atoms with E-state index in [0.29, 0.717) is 6.42 Å². The third kappa shape index (κ3) is 4.59. The minimum atomic E-state index is -3.59. The summed E-state index contributed by atoms with van der Waals surface area (Å²) in [6, 6.07) is 4.40. The Labute approximate surface area is 134 Å². The first-order valence-corrected chi connectivity index (χ1v) is 8.92. The number of amides is 1. The molecule has 0 spiro atoms. The number of carbonyl (C=O) groups is 1. The number of nitrogens with zero attached hydrogens (tertiary/aromatic N) is 3. The maximum Gasteiger partial charge on any atom is 0.335 e. The quantitative estimate of drug-likeness (QED) is 0.846. The SMILES string of the molecule is CC(C)C[C@H](NC(=O)c1ccccn1)c1nnc(S(C)(=O)=O)o1. The first kappa shape index (κ1) is 17.1. The highest BCUT2D eigenvalue weighted by Crippen LogP contribution is 2.22. The Bertz CT molecular complexity index is 771. The Hall–Kier alpha value is -2.29. The Morgan fingerprint density at radius 3 is 2.57 bits per heavy atom. The molecule has 0 unspecified atom stereocenters. The zero-order valence-electron chi connectivity index (χ0n) is 13.1. The molecule has 2 heterocycles. The molecule has 0 saturated heterocycles. The molecule has 0 radical (unpaired) electrons. The molecule has 0 aliphatic rings. The molecule has 0 fully saturated rings. The number of rotatable bonds is 6. The first-order chi connectivity index (χ1) is 10.8. The van der Waals surface area contributed by atoms with Crippen molar-refractivity contribution in [3.63, 3.8) is 0 Å². The van der Waals surface area contributed by atoms with Crippen LogP contribution in [0, 0.1) is 5.92 Å². The Kier molecular flexibility index (Phi) is 5.09. The lowest BCUT2D eigenvalue weighted by Gasteiger charge is -2.16. The maximum atomic E-state index is 12.2. The van der Waals surface area contributed by atoms with Gasteiger partial charge in [-0.2, -0.15) is 0 Å². The van der Waals surface area contributed by atoms with Crippen molar-refractivity contribution in [2.75, 3.05) is 6.26 Å². The van der Waals surface area contributed by atoms with E-state index < -0.39 is 27.0 Å². The number of nitrogens with one attached hydrogen (secondary N) is 1. The zero-order chi connectivity index (χ0) is 17.0. The summed E-state index contributed by atoms with van der Waals surface area (Å²) in [6.45, 7) is 3.93. The van der Waals surface area contributed by atoms with Gasteiger partial charge < -0.3 is 9.73 Å². The van der Waals surface area contributed by atoms with Crippen molar-refractivity contribution < 1.29 is 17.6 Å². The van der Waals surface area contributed by atoms with Crippen molar-refractivity contribution in [1.29, 1.82) is 0 Å². The molecule has 9 heteroatoms. The van der Waals surface area contributed by atoms with Crippen LogP contribution in [0.1, 0.15) is 42.7 Å². The van der Waals surface area contributed by atoms with Crippen LogP contribution in [0.3, 0.4) is 0 Å². The Morgan fingerprint density at radius 2 is 2.04 bits per heavy atom. The highest BCUT2D eigenvalue weighted by atomic mass is 32.2. The second kappa shape index (κ2) is 6.86. The lowest BCUT2D eigenvalue weighted by atomic mass is 10.0. The minimum absolute atomic E-state index is 0.0587. The van der Waals surface area contributed by atoms with Crippen LogP contribution >= 0.6 is 0 Å². The van der Waals surface area contributed by atoms with E-state index in [4.69, 9.17) is 4.42 Å². The average molecular weight is 338 g/mol. The van der Waals surface area contributed by atoms with Crippen LogP contribution < -0.4 is 5.32 Å². The minimum Gasteiger partial charge on any atom is -0.410 e. The van der Waals surface area contributed by atoms with Gasteiger partial charge in [-0.25, -0.2) is 8.42 Å². The summed E-state index contributed by atoms with van der Waals surface area (Å²) < 4.78 is 28.1. The van der Waals surface area contributed by atoms with Crippen molar-refractivity contribution in [1.82, 2.24) is 20.5 Å². The topological polar surface area (TPSA) is 115 Å². The van der Waals surface area contributed by atoms with Gasteiger partial charge in [-0.1, -0.05) is 25.0 Å². The molecule has 0 aromatic carbocycles. The van der Waals surface area contributed by atoms with Crippen LogP contribution in [0.5, 0.6) is 0 Å². The Balaban J connectivity index is 2.24. The molecule has 2 aromatic heterocycles. The molecule has 1 atom stereocenters. The fraction of sp³-hybridized carbons (Fsp3) is 0.429. The van der Waals surface area contributed by atoms with Crippen LogP contribution in [-0.4, -0.2) is 35.8 Å². The van der Waals surface area contributed by atoms with Gasteiger partial charge in [0.25, 0.3) is 5.91 Å². The van der Waals surface area contributed by atoms with E-state index in [1.807, 2.05) is 13.8 Å². The average Bonchev–Trinajstić information content (AvgIpc) is 2.97. The van der Waals surface area contributed by atoms with Crippen molar-refractivity contribution >= 4 is 15.7 Å². The van der Waals surface area contributed by atoms with Crippen molar-refractivity contribution in [3.8, 4) is 0 Å². The third-order valence-corrected chi connectivity index (χ3v) is 3.75. The van der Waals surface area contributed by atoms with Gasteiger partial charge in [0.1, 0.15) is 11.7 Å². The number of aromatic nitrogens is 3. The van der Waals surface area contributed by atoms with Crippen LogP contribution in [0.2, 0.25) is 0 Å². The van der Waals surface area contributed by atoms with Gasteiger partial charge >= 0.3 is 5.22 Å². The molecule has 0 aliphatic carbocycles. The summed E-state index contributed by atoms with van der Waals surface area (Å²) >= 11 is 0. The van der Waals surface area contributed by atoms with Crippen LogP contribution in [0.4, 0.5) is 0 Å². The number of pyridine rings is 1. The molecule has 0 aliphatic heterocycles. The summed E-state index contributed by atoms with van der Waals surface area (Å²) in [5, 5.41) is 9.56. The van der Waals surface area contributed by atoms with Crippen LogP contribution in [0.25, 0.3) is 0 Å². The Morgan fingerprint density at radius 1 is 1.30 bits per heavy atom. The van der Waals surface area contributed by atoms with E-state index in [1.165, 1.54) is 6.20 Å². The van der Waals surface area contributed by atoms with Gasteiger partial charge in [0.05, 0.1) is 0 Å².